The highest BCUT2D eigenvalue weighted by molar-refractivity contribution is 5.95. The quantitative estimate of drug-likeness (QED) is 0.597. The number of nitrogens with one attached hydrogen (secondary N) is 1. The van der Waals surface area contributed by atoms with Crippen LogP contribution in [0.1, 0.15) is 35.2 Å². The first-order valence-corrected chi connectivity index (χ1v) is 11.1. The molecule has 1 N–H and O–H groups in total. The van der Waals surface area contributed by atoms with Gasteiger partial charge in [0.15, 0.2) is 0 Å². The summed E-state index contributed by atoms with van der Waals surface area (Å²) in [5, 5.41) is 2.51. The molecule has 0 radical (unpaired) electrons. The number of methoxy groups -OCH3 is 1. The average molecular weight is 497 g/mol. The van der Waals surface area contributed by atoms with Gasteiger partial charge in [-0.1, -0.05) is 6.07 Å². The molecule has 2 aliphatic heterocycles. The van der Waals surface area contributed by atoms with E-state index in [1.807, 2.05) is 0 Å². The van der Waals surface area contributed by atoms with E-state index in [4.69, 9.17) is 4.74 Å². The maximum atomic E-state index is 14.0. The second-order valence-electron chi connectivity index (χ2n) is 8.90. The van der Waals surface area contributed by atoms with Crippen molar-refractivity contribution < 1.29 is 36.3 Å². The molecule has 3 amide bonds. The van der Waals surface area contributed by atoms with Crippen LogP contribution in [-0.4, -0.2) is 55.0 Å². The molecule has 35 heavy (non-hydrogen) atoms. The van der Waals surface area contributed by atoms with Gasteiger partial charge in [0.1, 0.15) is 22.9 Å². The molecule has 0 unspecified atom stereocenters. The van der Waals surface area contributed by atoms with Gasteiger partial charge in [0.25, 0.3) is 5.91 Å². The van der Waals surface area contributed by atoms with Gasteiger partial charge in [-0.3, -0.25) is 4.79 Å². The first kappa shape index (κ1) is 24.7. The van der Waals surface area contributed by atoms with Crippen LogP contribution in [0.15, 0.2) is 36.4 Å². The van der Waals surface area contributed by atoms with E-state index >= 15 is 0 Å². The Morgan fingerprint density at radius 1 is 0.971 bits per heavy atom. The number of rotatable bonds is 3. The SMILES string of the molecule is COc1ccc(NC(=O)N2CCC3(CCN(C(=O)c4c(F)cccc4F)CC3)C2)cc1C(F)(F)F. The summed E-state index contributed by atoms with van der Waals surface area (Å²) < 4.78 is 72.5. The molecule has 0 saturated carbocycles. The van der Waals surface area contributed by atoms with Crippen LogP contribution < -0.4 is 10.1 Å². The zero-order valence-electron chi connectivity index (χ0n) is 18.9. The van der Waals surface area contributed by atoms with E-state index in [0.717, 1.165) is 31.4 Å². The number of benzene rings is 2. The summed E-state index contributed by atoms with van der Waals surface area (Å²) >= 11 is 0. The minimum Gasteiger partial charge on any atom is -0.496 e. The number of carbonyl (C=O) groups is 2. The Hall–Kier alpha value is -3.37. The van der Waals surface area contributed by atoms with Crippen molar-refractivity contribution in [3.05, 3.63) is 59.2 Å². The van der Waals surface area contributed by atoms with E-state index in [-0.39, 0.29) is 29.9 Å². The minimum atomic E-state index is -4.64. The monoisotopic (exact) mass is 497 g/mol. The summed E-state index contributed by atoms with van der Waals surface area (Å²) in [4.78, 5) is 28.3. The standard InChI is InChI=1S/C24H24F5N3O3/c1-35-19-6-5-15(13-16(19)24(27,28)29)30-22(34)32-12-9-23(14-32)7-10-31(11-8-23)21(33)20-17(25)3-2-4-18(20)26/h2-6,13H,7-12,14H2,1H3,(H,30,34). The molecule has 2 aliphatic rings. The van der Waals surface area contributed by atoms with Crippen molar-refractivity contribution in [2.45, 2.75) is 25.4 Å². The predicted octanol–water partition coefficient (Wildman–Crippen LogP) is 5.15. The van der Waals surface area contributed by atoms with Crippen LogP contribution in [0.25, 0.3) is 0 Å². The summed E-state index contributed by atoms with van der Waals surface area (Å²) in [5.41, 5.74) is -1.83. The fourth-order valence-corrected chi connectivity index (χ4v) is 4.77. The molecule has 1 spiro atoms. The lowest BCUT2D eigenvalue weighted by Crippen LogP contribution is -2.45. The molecule has 2 saturated heterocycles. The van der Waals surface area contributed by atoms with Gasteiger partial charge >= 0.3 is 12.2 Å². The first-order valence-electron chi connectivity index (χ1n) is 11.1. The number of hydrogen-bond acceptors (Lipinski definition) is 3. The van der Waals surface area contributed by atoms with Crippen molar-refractivity contribution in [2.24, 2.45) is 5.41 Å². The van der Waals surface area contributed by atoms with E-state index in [1.165, 1.54) is 21.9 Å². The highest BCUT2D eigenvalue weighted by Crippen LogP contribution is 2.41. The van der Waals surface area contributed by atoms with Crippen molar-refractivity contribution in [3.8, 4) is 5.75 Å². The second kappa shape index (κ2) is 9.35. The Bertz CT molecular complexity index is 1110. The molecule has 2 aromatic rings. The molecule has 0 bridgehead atoms. The normalized spacial score (nSPS) is 17.5. The Morgan fingerprint density at radius 3 is 2.14 bits per heavy atom. The molecule has 2 fully saturated rings. The zero-order chi connectivity index (χ0) is 25.4. The number of amides is 3. The molecule has 0 atom stereocenters. The number of likely N-dealkylation sites (tertiary alicyclic amines) is 2. The van der Waals surface area contributed by atoms with E-state index in [0.29, 0.717) is 32.4 Å². The van der Waals surface area contributed by atoms with Gasteiger partial charge in [0, 0.05) is 31.9 Å². The third-order valence-electron chi connectivity index (χ3n) is 6.77. The van der Waals surface area contributed by atoms with Crippen molar-refractivity contribution >= 4 is 17.6 Å². The lowest BCUT2D eigenvalue weighted by molar-refractivity contribution is -0.138. The number of urea groups is 1. The molecule has 2 heterocycles. The molecule has 11 heteroatoms. The topological polar surface area (TPSA) is 61.9 Å². The number of piperidine rings is 1. The van der Waals surface area contributed by atoms with Gasteiger partial charge in [0.05, 0.1) is 12.7 Å². The Labute approximate surface area is 198 Å². The molecule has 2 aromatic carbocycles. The smallest absolute Gasteiger partial charge is 0.420 e. The zero-order valence-corrected chi connectivity index (χ0v) is 18.9. The summed E-state index contributed by atoms with van der Waals surface area (Å²) in [6.45, 7) is 1.35. The van der Waals surface area contributed by atoms with Crippen LogP contribution in [0.3, 0.4) is 0 Å². The molecule has 0 aliphatic carbocycles. The fourth-order valence-electron chi connectivity index (χ4n) is 4.77. The maximum Gasteiger partial charge on any atom is 0.420 e. The summed E-state index contributed by atoms with van der Waals surface area (Å²) in [6, 6.07) is 6.06. The third-order valence-corrected chi connectivity index (χ3v) is 6.77. The molecule has 6 nitrogen and oxygen atoms in total. The van der Waals surface area contributed by atoms with E-state index < -0.39 is 40.9 Å². The predicted molar refractivity (Wildman–Crippen MR) is 117 cm³/mol. The van der Waals surface area contributed by atoms with Crippen LogP contribution in [0.5, 0.6) is 5.75 Å². The Morgan fingerprint density at radius 2 is 1.57 bits per heavy atom. The number of anilines is 1. The number of alkyl halides is 3. The molecule has 4 rings (SSSR count). The molecular weight excluding hydrogens is 473 g/mol. The summed E-state index contributed by atoms with van der Waals surface area (Å²) in [6.07, 6.45) is -2.90. The van der Waals surface area contributed by atoms with Crippen molar-refractivity contribution in [1.82, 2.24) is 9.80 Å². The Kier molecular flexibility index (Phi) is 6.61. The maximum absolute atomic E-state index is 14.0. The van der Waals surface area contributed by atoms with Crippen LogP contribution in [0.2, 0.25) is 0 Å². The summed E-state index contributed by atoms with van der Waals surface area (Å²) in [7, 11) is 1.14. The van der Waals surface area contributed by atoms with Gasteiger partial charge in [-0.15, -0.1) is 0 Å². The van der Waals surface area contributed by atoms with Crippen LogP contribution in [0, 0.1) is 17.0 Å². The largest absolute Gasteiger partial charge is 0.496 e. The number of halogens is 5. The minimum absolute atomic E-state index is 0.00333. The lowest BCUT2D eigenvalue weighted by atomic mass is 9.77. The van der Waals surface area contributed by atoms with Crippen LogP contribution >= 0.6 is 0 Å². The van der Waals surface area contributed by atoms with Gasteiger partial charge < -0.3 is 19.9 Å². The van der Waals surface area contributed by atoms with E-state index in [1.54, 1.807) is 0 Å². The van der Waals surface area contributed by atoms with Crippen LogP contribution in [-0.2, 0) is 6.18 Å². The summed E-state index contributed by atoms with van der Waals surface area (Å²) in [5.74, 6) is -2.87. The Balaban J connectivity index is 1.37. The van der Waals surface area contributed by atoms with Gasteiger partial charge in [-0.25, -0.2) is 13.6 Å². The van der Waals surface area contributed by atoms with Crippen molar-refractivity contribution in [3.63, 3.8) is 0 Å². The highest BCUT2D eigenvalue weighted by atomic mass is 19.4. The fraction of sp³-hybridized carbons (Fsp3) is 0.417. The molecule has 0 aromatic heterocycles. The van der Waals surface area contributed by atoms with Crippen molar-refractivity contribution in [2.75, 3.05) is 38.6 Å². The average Bonchev–Trinajstić information content (AvgIpc) is 3.22. The van der Waals surface area contributed by atoms with Crippen molar-refractivity contribution in [1.29, 1.82) is 0 Å². The highest BCUT2D eigenvalue weighted by Gasteiger charge is 2.43. The van der Waals surface area contributed by atoms with E-state index in [9.17, 15) is 31.5 Å². The number of carbonyl (C=O) groups excluding carboxylic acids is 2. The second-order valence-corrected chi connectivity index (χ2v) is 8.90. The molecular formula is C24H24F5N3O3. The van der Waals surface area contributed by atoms with Crippen LogP contribution in [0.4, 0.5) is 32.4 Å². The third kappa shape index (κ3) is 5.03. The van der Waals surface area contributed by atoms with E-state index in [2.05, 4.69) is 5.32 Å². The van der Waals surface area contributed by atoms with Gasteiger partial charge in [-0.05, 0) is 55.0 Å². The lowest BCUT2D eigenvalue weighted by Gasteiger charge is -2.39. The number of hydrogen-bond donors (Lipinski definition) is 1. The molecule has 188 valence electrons. The van der Waals surface area contributed by atoms with Gasteiger partial charge in [0.2, 0.25) is 0 Å². The number of ether oxygens (including phenoxy) is 1. The number of nitrogens with zero attached hydrogens (tertiary/aromatic N) is 2. The van der Waals surface area contributed by atoms with Gasteiger partial charge in [-0.2, -0.15) is 13.2 Å². The first-order chi connectivity index (χ1) is 16.5.